The fourth-order valence-corrected chi connectivity index (χ4v) is 1.88. The third-order valence-corrected chi connectivity index (χ3v) is 3.06. The summed E-state index contributed by atoms with van der Waals surface area (Å²) in [4.78, 5) is 26.3. The van der Waals surface area contributed by atoms with Crippen LogP contribution in [0.25, 0.3) is 10.9 Å². The maximum atomic E-state index is 12.7. The molecule has 1 aromatic heterocycles. The van der Waals surface area contributed by atoms with Gasteiger partial charge in [0.25, 0.3) is 5.56 Å². The minimum absolute atomic E-state index is 0.0764. The third kappa shape index (κ3) is 2.34. The zero-order valence-corrected chi connectivity index (χ0v) is 10.7. The molecule has 0 radical (unpaired) electrons. The van der Waals surface area contributed by atoms with E-state index in [0.717, 1.165) is 22.8 Å². The molecule has 20 heavy (non-hydrogen) atoms. The summed E-state index contributed by atoms with van der Waals surface area (Å²) in [5, 5.41) is 2.51. The van der Waals surface area contributed by atoms with Crippen LogP contribution in [0.1, 0.15) is 18.7 Å². The number of alkyl halides is 3. The number of nitrogens with zero attached hydrogens (tertiary/aromatic N) is 1. The molecule has 0 aliphatic rings. The Hall–Kier alpha value is -2.09. The van der Waals surface area contributed by atoms with E-state index in [0.29, 0.717) is 0 Å². The first-order valence-electron chi connectivity index (χ1n) is 5.78. The van der Waals surface area contributed by atoms with Crippen LogP contribution < -0.4 is 16.6 Å². The Morgan fingerprint density at radius 2 is 1.95 bits per heavy atom. The van der Waals surface area contributed by atoms with Crippen molar-refractivity contribution in [3.63, 3.8) is 0 Å². The van der Waals surface area contributed by atoms with Crippen molar-refractivity contribution in [2.45, 2.75) is 19.3 Å². The number of rotatable bonds is 2. The van der Waals surface area contributed by atoms with E-state index in [1.807, 2.05) is 0 Å². The third-order valence-electron chi connectivity index (χ3n) is 3.06. The number of hydrogen-bond acceptors (Lipinski definition) is 3. The quantitative estimate of drug-likeness (QED) is 0.878. The van der Waals surface area contributed by atoms with Crippen molar-refractivity contribution in [3.8, 4) is 0 Å². The van der Waals surface area contributed by atoms with Crippen LogP contribution in [0, 0.1) is 0 Å². The lowest BCUT2D eigenvalue weighted by molar-refractivity contribution is -0.137. The number of aromatic amines is 1. The van der Waals surface area contributed by atoms with E-state index in [-0.39, 0.29) is 10.9 Å². The molecule has 0 bridgehead atoms. The summed E-state index contributed by atoms with van der Waals surface area (Å²) in [6, 6.07) is 2.64. The van der Waals surface area contributed by atoms with E-state index >= 15 is 0 Å². The molecule has 0 aliphatic carbocycles. The molecule has 0 aliphatic heterocycles. The van der Waals surface area contributed by atoms with E-state index in [4.69, 9.17) is 0 Å². The van der Waals surface area contributed by atoms with Crippen LogP contribution in [0.3, 0.4) is 0 Å². The van der Waals surface area contributed by atoms with E-state index in [1.165, 1.54) is 7.05 Å². The van der Waals surface area contributed by atoms with Crippen LogP contribution in [-0.4, -0.2) is 16.6 Å². The van der Waals surface area contributed by atoms with Gasteiger partial charge >= 0.3 is 11.9 Å². The fourth-order valence-electron chi connectivity index (χ4n) is 1.88. The minimum atomic E-state index is -4.55. The summed E-state index contributed by atoms with van der Waals surface area (Å²) < 4.78 is 38.8. The van der Waals surface area contributed by atoms with Crippen LogP contribution in [0.5, 0.6) is 0 Å². The van der Waals surface area contributed by atoms with Crippen LogP contribution >= 0.6 is 0 Å². The lowest BCUT2D eigenvalue weighted by atomic mass is 10.1. The Balaban J connectivity index is 2.82. The normalized spacial score (nSPS) is 13.7. The van der Waals surface area contributed by atoms with Gasteiger partial charge in [0, 0.05) is 0 Å². The molecule has 2 rings (SSSR count). The largest absolute Gasteiger partial charge is 0.416 e. The molecule has 0 fully saturated rings. The second kappa shape index (κ2) is 4.78. The van der Waals surface area contributed by atoms with Crippen LogP contribution in [0.4, 0.5) is 13.2 Å². The molecule has 1 unspecified atom stereocenters. The van der Waals surface area contributed by atoms with Gasteiger partial charge in [-0.05, 0) is 32.2 Å². The first-order valence-corrected chi connectivity index (χ1v) is 5.78. The summed E-state index contributed by atoms with van der Waals surface area (Å²) in [6.07, 6.45) is -5.18. The number of benzene rings is 1. The summed E-state index contributed by atoms with van der Waals surface area (Å²) in [5.74, 6) is 0. The predicted molar refractivity (Wildman–Crippen MR) is 67.6 cm³/mol. The van der Waals surface area contributed by atoms with Gasteiger partial charge in [0.1, 0.15) is 0 Å². The van der Waals surface area contributed by atoms with Gasteiger partial charge in [-0.1, -0.05) is 0 Å². The maximum absolute atomic E-state index is 12.7. The number of halogens is 3. The molecule has 108 valence electrons. The molecule has 0 saturated heterocycles. The molecule has 0 spiro atoms. The Kier molecular flexibility index (Phi) is 3.43. The highest BCUT2D eigenvalue weighted by atomic mass is 19.4. The molecule has 5 nitrogen and oxygen atoms in total. The number of H-pyrrole nitrogens is 1. The summed E-state index contributed by atoms with van der Waals surface area (Å²) in [6.45, 7) is 1.55. The smallest absolute Gasteiger partial charge is 0.307 e. The molecule has 1 atom stereocenters. The lowest BCUT2D eigenvalue weighted by Gasteiger charge is -2.14. The Bertz CT molecular complexity index is 761. The number of fused-ring (bicyclic) bond motifs is 1. The van der Waals surface area contributed by atoms with Crippen LogP contribution in [-0.2, 0) is 6.18 Å². The molecule has 0 saturated carbocycles. The molecule has 8 heteroatoms. The zero-order chi connectivity index (χ0) is 15.1. The van der Waals surface area contributed by atoms with Gasteiger partial charge in [0.2, 0.25) is 0 Å². The van der Waals surface area contributed by atoms with Crippen molar-refractivity contribution in [2.24, 2.45) is 0 Å². The Morgan fingerprint density at radius 1 is 1.30 bits per heavy atom. The number of aromatic nitrogens is 2. The monoisotopic (exact) mass is 287 g/mol. The Labute approximate surface area is 111 Å². The second-order valence-corrected chi connectivity index (χ2v) is 4.33. The average molecular weight is 287 g/mol. The van der Waals surface area contributed by atoms with Crippen molar-refractivity contribution in [1.82, 2.24) is 14.9 Å². The zero-order valence-electron chi connectivity index (χ0n) is 10.7. The van der Waals surface area contributed by atoms with E-state index in [1.54, 1.807) is 6.92 Å². The molecule has 1 aromatic carbocycles. The lowest BCUT2D eigenvalue weighted by Crippen LogP contribution is -2.41. The van der Waals surface area contributed by atoms with Gasteiger partial charge in [0.15, 0.2) is 0 Å². The van der Waals surface area contributed by atoms with Gasteiger partial charge in [-0.15, -0.1) is 0 Å². The summed E-state index contributed by atoms with van der Waals surface area (Å²) >= 11 is 0. The standard InChI is InChI=1S/C12H12F3N3O2/c1-6(16-2)18-10(19)8-5-7(12(13,14)15)3-4-9(8)17-11(18)20/h3-6,16H,1-2H3,(H,17,20). The topological polar surface area (TPSA) is 66.9 Å². The van der Waals surface area contributed by atoms with Gasteiger partial charge in [0.05, 0.1) is 22.6 Å². The van der Waals surface area contributed by atoms with E-state index < -0.39 is 29.2 Å². The highest BCUT2D eigenvalue weighted by Gasteiger charge is 2.31. The number of hydrogen-bond donors (Lipinski definition) is 2. The van der Waals surface area contributed by atoms with Gasteiger partial charge in [-0.2, -0.15) is 13.2 Å². The van der Waals surface area contributed by atoms with Gasteiger partial charge < -0.3 is 10.3 Å². The van der Waals surface area contributed by atoms with Gasteiger partial charge in [-0.25, -0.2) is 9.36 Å². The fraction of sp³-hybridized carbons (Fsp3) is 0.333. The molecular formula is C12H12F3N3O2. The average Bonchev–Trinajstić information content (AvgIpc) is 2.36. The predicted octanol–water partition coefficient (Wildman–Crippen LogP) is 1.45. The van der Waals surface area contributed by atoms with Crippen LogP contribution in [0.15, 0.2) is 27.8 Å². The van der Waals surface area contributed by atoms with Crippen LogP contribution in [0.2, 0.25) is 0 Å². The Morgan fingerprint density at radius 3 is 2.50 bits per heavy atom. The van der Waals surface area contributed by atoms with Gasteiger partial charge in [-0.3, -0.25) is 4.79 Å². The minimum Gasteiger partial charge on any atom is -0.307 e. The second-order valence-electron chi connectivity index (χ2n) is 4.33. The van der Waals surface area contributed by atoms with Crippen molar-refractivity contribution in [3.05, 3.63) is 44.6 Å². The summed E-state index contributed by atoms with van der Waals surface area (Å²) in [7, 11) is 1.53. The SMILES string of the molecule is CNC(C)n1c(=O)[nH]c2ccc(C(F)(F)F)cc2c1=O. The highest BCUT2D eigenvalue weighted by molar-refractivity contribution is 5.78. The number of nitrogens with one attached hydrogen (secondary N) is 2. The van der Waals surface area contributed by atoms with Crippen molar-refractivity contribution >= 4 is 10.9 Å². The first-order chi connectivity index (χ1) is 9.25. The van der Waals surface area contributed by atoms with Crippen molar-refractivity contribution in [2.75, 3.05) is 7.05 Å². The van der Waals surface area contributed by atoms with E-state index in [9.17, 15) is 22.8 Å². The molecular weight excluding hydrogens is 275 g/mol. The summed E-state index contributed by atoms with van der Waals surface area (Å²) in [5.41, 5.74) is -2.30. The first kappa shape index (κ1) is 14.3. The molecule has 2 aromatic rings. The molecule has 0 amide bonds. The van der Waals surface area contributed by atoms with E-state index in [2.05, 4.69) is 10.3 Å². The van der Waals surface area contributed by atoms with Crippen molar-refractivity contribution < 1.29 is 13.2 Å². The molecule has 2 N–H and O–H groups in total. The maximum Gasteiger partial charge on any atom is 0.416 e. The van der Waals surface area contributed by atoms with Crippen molar-refractivity contribution in [1.29, 1.82) is 0 Å². The highest BCUT2D eigenvalue weighted by Crippen LogP contribution is 2.30. The molecule has 1 heterocycles.